The lowest BCUT2D eigenvalue weighted by atomic mass is 10.4. The first-order chi connectivity index (χ1) is 9.42. The monoisotopic (exact) mass is 313 g/mol. The van der Waals surface area contributed by atoms with E-state index in [0.717, 1.165) is 17.8 Å². The highest BCUT2D eigenvalue weighted by Crippen LogP contribution is 2.23. The third-order valence-electron chi connectivity index (χ3n) is 2.56. The summed E-state index contributed by atoms with van der Waals surface area (Å²) in [6.45, 7) is 2.48. The van der Waals surface area contributed by atoms with E-state index in [2.05, 4.69) is 4.72 Å². The molecular weight excluding hydrogens is 298 g/mol. The van der Waals surface area contributed by atoms with E-state index in [1.807, 2.05) is 6.92 Å². The molecule has 0 aliphatic heterocycles. The van der Waals surface area contributed by atoms with Crippen molar-refractivity contribution in [2.24, 2.45) is 0 Å². The zero-order chi connectivity index (χ0) is 14.8. The Morgan fingerprint density at radius 1 is 1.40 bits per heavy atom. The van der Waals surface area contributed by atoms with Crippen LogP contribution in [0.3, 0.4) is 0 Å². The molecule has 108 valence electrons. The number of anilines is 2. The largest absolute Gasteiger partial charge is 0.398 e. The molecule has 0 saturated carbocycles. The zero-order valence-corrected chi connectivity index (χ0v) is 12.5. The Morgan fingerprint density at radius 2 is 2.15 bits per heavy atom. The van der Waals surface area contributed by atoms with E-state index in [0.29, 0.717) is 17.9 Å². The lowest BCUT2D eigenvalue weighted by molar-refractivity contribution is 0.603. The van der Waals surface area contributed by atoms with E-state index in [1.54, 1.807) is 5.38 Å². The van der Waals surface area contributed by atoms with Crippen molar-refractivity contribution in [2.75, 3.05) is 10.5 Å². The summed E-state index contributed by atoms with van der Waals surface area (Å²) in [6.07, 6.45) is 2.29. The predicted molar refractivity (Wildman–Crippen MR) is 80.5 cm³/mol. The van der Waals surface area contributed by atoms with E-state index < -0.39 is 10.0 Å². The molecule has 0 fully saturated rings. The van der Waals surface area contributed by atoms with Crippen LogP contribution in [0.25, 0.3) is 0 Å². The van der Waals surface area contributed by atoms with Crippen LogP contribution in [-0.2, 0) is 16.6 Å². The van der Waals surface area contributed by atoms with Gasteiger partial charge in [-0.05, 0) is 18.6 Å². The summed E-state index contributed by atoms with van der Waals surface area (Å²) in [5.41, 5.74) is 6.13. The minimum Gasteiger partial charge on any atom is -0.398 e. The number of rotatable bonds is 5. The number of thiophene rings is 1. The van der Waals surface area contributed by atoms with Crippen LogP contribution >= 0.6 is 11.3 Å². The zero-order valence-electron chi connectivity index (χ0n) is 10.9. The number of aromatic nitrogens is 1. The average Bonchev–Trinajstić information content (AvgIpc) is 2.81. The quantitative estimate of drug-likeness (QED) is 0.878. The Balaban J connectivity index is 2.30. The number of pyridine rings is 1. The number of sulfonamides is 1. The van der Waals surface area contributed by atoms with E-state index in [1.165, 1.54) is 29.0 Å². The first kappa shape index (κ1) is 14.6. The van der Waals surface area contributed by atoms with Gasteiger partial charge in [-0.1, -0.05) is 6.92 Å². The topological polar surface area (TPSA) is 94.2 Å². The van der Waals surface area contributed by atoms with Gasteiger partial charge in [-0.15, -0.1) is 11.3 Å². The number of hydrogen-bond acceptors (Lipinski definition) is 5. The van der Waals surface area contributed by atoms with Gasteiger partial charge in [0, 0.05) is 29.9 Å². The molecule has 0 spiro atoms. The molecule has 3 N–H and O–H groups in total. The standard InChI is InChI=1S/C12H15N3O3S2/c1-2-5-15-7-10(3-4-11(15)16)14-20(17,18)12-6-9(13)8-19-12/h3-4,6-8,14H,2,5,13H2,1H3. The maximum absolute atomic E-state index is 12.1. The molecule has 6 nitrogen and oxygen atoms in total. The number of nitrogens with two attached hydrogens (primary N) is 1. The van der Waals surface area contributed by atoms with Crippen LogP contribution in [0, 0.1) is 0 Å². The van der Waals surface area contributed by atoms with Gasteiger partial charge in [0.1, 0.15) is 4.21 Å². The molecule has 0 aromatic carbocycles. The number of nitrogens with zero attached hydrogens (tertiary/aromatic N) is 1. The van der Waals surface area contributed by atoms with Crippen LogP contribution in [0.1, 0.15) is 13.3 Å². The van der Waals surface area contributed by atoms with Gasteiger partial charge in [-0.3, -0.25) is 9.52 Å². The van der Waals surface area contributed by atoms with Gasteiger partial charge in [-0.25, -0.2) is 8.42 Å². The molecule has 0 aliphatic rings. The van der Waals surface area contributed by atoms with Gasteiger partial charge in [0.05, 0.1) is 5.69 Å². The minimum absolute atomic E-state index is 0.142. The summed E-state index contributed by atoms with van der Waals surface area (Å²) < 4.78 is 28.3. The second-order valence-corrected chi connectivity index (χ2v) is 7.07. The molecule has 2 aromatic rings. The van der Waals surface area contributed by atoms with Gasteiger partial charge in [0.2, 0.25) is 0 Å². The molecule has 8 heteroatoms. The first-order valence-corrected chi connectivity index (χ1v) is 8.36. The van der Waals surface area contributed by atoms with Crippen LogP contribution in [-0.4, -0.2) is 13.0 Å². The molecule has 2 rings (SSSR count). The minimum atomic E-state index is -3.66. The maximum atomic E-state index is 12.1. The van der Waals surface area contributed by atoms with Crippen molar-refractivity contribution < 1.29 is 8.42 Å². The number of nitrogens with one attached hydrogen (secondary N) is 1. The van der Waals surface area contributed by atoms with Gasteiger partial charge in [0.15, 0.2) is 0 Å². The highest BCUT2D eigenvalue weighted by atomic mass is 32.2. The van der Waals surface area contributed by atoms with Crippen molar-refractivity contribution >= 4 is 32.7 Å². The lowest BCUT2D eigenvalue weighted by Gasteiger charge is -2.09. The Hall–Kier alpha value is -1.80. The molecule has 0 amide bonds. The van der Waals surface area contributed by atoms with E-state index >= 15 is 0 Å². The van der Waals surface area contributed by atoms with E-state index in [-0.39, 0.29) is 9.77 Å². The van der Waals surface area contributed by atoms with E-state index in [9.17, 15) is 13.2 Å². The van der Waals surface area contributed by atoms with E-state index in [4.69, 9.17) is 5.73 Å². The van der Waals surface area contributed by atoms with Gasteiger partial charge in [-0.2, -0.15) is 0 Å². The summed E-state index contributed by atoms with van der Waals surface area (Å²) in [6, 6.07) is 4.19. The fraction of sp³-hybridized carbons (Fsp3) is 0.250. The number of nitrogen functional groups attached to an aromatic ring is 1. The van der Waals surface area contributed by atoms with Gasteiger partial charge in [0.25, 0.3) is 15.6 Å². The van der Waals surface area contributed by atoms with Crippen LogP contribution in [0.4, 0.5) is 11.4 Å². The van der Waals surface area contributed by atoms with Crippen molar-refractivity contribution in [3.63, 3.8) is 0 Å². The molecule has 0 bridgehead atoms. The molecule has 2 heterocycles. The molecular formula is C12H15N3O3S2. The van der Waals surface area contributed by atoms with Crippen LogP contribution < -0.4 is 16.0 Å². The average molecular weight is 313 g/mol. The molecule has 2 aromatic heterocycles. The Labute approximate surface area is 120 Å². The lowest BCUT2D eigenvalue weighted by Crippen LogP contribution is -2.20. The summed E-state index contributed by atoms with van der Waals surface area (Å²) in [4.78, 5) is 11.6. The SMILES string of the molecule is CCCn1cc(NS(=O)(=O)c2cc(N)cs2)ccc1=O. The van der Waals surface area contributed by atoms with Crippen LogP contribution in [0.15, 0.2) is 38.8 Å². The van der Waals surface area contributed by atoms with Crippen molar-refractivity contribution in [3.05, 3.63) is 40.1 Å². The van der Waals surface area contributed by atoms with Crippen molar-refractivity contribution in [1.29, 1.82) is 0 Å². The Kier molecular flexibility index (Phi) is 4.15. The summed E-state index contributed by atoms with van der Waals surface area (Å²) >= 11 is 1.05. The first-order valence-electron chi connectivity index (χ1n) is 5.99. The maximum Gasteiger partial charge on any atom is 0.271 e. The number of aryl methyl sites for hydroxylation is 1. The summed E-state index contributed by atoms with van der Waals surface area (Å²) in [5, 5.41) is 1.56. The second-order valence-electron chi connectivity index (χ2n) is 4.25. The molecule has 0 aliphatic carbocycles. The normalized spacial score (nSPS) is 11.4. The van der Waals surface area contributed by atoms with Crippen molar-refractivity contribution in [2.45, 2.75) is 24.1 Å². The highest BCUT2D eigenvalue weighted by molar-refractivity contribution is 7.94. The smallest absolute Gasteiger partial charge is 0.271 e. The predicted octanol–water partition coefficient (Wildman–Crippen LogP) is 1.70. The summed E-state index contributed by atoms with van der Waals surface area (Å²) in [5.74, 6) is 0. The third-order valence-corrected chi connectivity index (χ3v) is 5.40. The van der Waals surface area contributed by atoms with Crippen molar-refractivity contribution in [1.82, 2.24) is 4.57 Å². The molecule has 20 heavy (non-hydrogen) atoms. The summed E-state index contributed by atoms with van der Waals surface area (Å²) in [7, 11) is -3.66. The third kappa shape index (κ3) is 3.20. The van der Waals surface area contributed by atoms with Gasteiger partial charge < -0.3 is 10.3 Å². The highest BCUT2D eigenvalue weighted by Gasteiger charge is 2.16. The van der Waals surface area contributed by atoms with Gasteiger partial charge >= 0.3 is 0 Å². The fourth-order valence-corrected chi connectivity index (χ4v) is 3.81. The molecule has 0 atom stereocenters. The van der Waals surface area contributed by atoms with Crippen LogP contribution in [0.5, 0.6) is 0 Å². The number of hydrogen-bond donors (Lipinski definition) is 2. The second kappa shape index (κ2) is 5.68. The Bertz CT molecular complexity index is 762. The molecule has 0 radical (unpaired) electrons. The fourth-order valence-electron chi connectivity index (χ4n) is 1.68. The van der Waals surface area contributed by atoms with Crippen LogP contribution in [0.2, 0.25) is 0 Å². The molecule has 0 unspecified atom stereocenters. The molecule has 0 saturated heterocycles. The van der Waals surface area contributed by atoms with Crippen molar-refractivity contribution in [3.8, 4) is 0 Å². The Morgan fingerprint density at radius 3 is 2.75 bits per heavy atom.